The van der Waals surface area contributed by atoms with Crippen LogP contribution < -0.4 is 15.4 Å². The van der Waals surface area contributed by atoms with Gasteiger partial charge in [0.1, 0.15) is 11.6 Å². The van der Waals surface area contributed by atoms with Crippen molar-refractivity contribution in [3.8, 4) is 17.0 Å². The predicted molar refractivity (Wildman–Crippen MR) is 113 cm³/mol. The number of allylic oxidation sites excluding steroid dienone is 1. The van der Waals surface area contributed by atoms with E-state index >= 15 is 0 Å². The standard InChI is InChI=1S/C22H23N5O/c1-13-7-15-10-19(24-12-16(15)8-13)18-11-17(5-6-20(18)28-4)26-22-25-14(2)9-21(23-3)27-22/h5-6,8-12H,7H2,1-4H3,(H2,23,25,26,27). The number of rotatable bonds is 5. The van der Waals surface area contributed by atoms with Gasteiger partial charge in [-0.25, -0.2) is 4.98 Å². The van der Waals surface area contributed by atoms with Crippen LogP contribution in [0.5, 0.6) is 5.75 Å². The van der Waals surface area contributed by atoms with E-state index in [2.05, 4.69) is 44.7 Å². The van der Waals surface area contributed by atoms with Crippen LogP contribution in [0.4, 0.5) is 17.5 Å². The molecule has 0 radical (unpaired) electrons. The summed E-state index contributed by atoms with van der Waals surface area (Å²) in [5.41, 5.74) is 7.43. The van der Waals surface area contributed by atoms with Gasteiger partial charge in [0, 0.05) is 36.3 Å². The van der Waals surface area contributed by atoms with Crippen LogP contribution in [0.3, 0.4) is 0 Å². The largest absolute Gasteiger partial charge is 0.496 e. The maximum atomic E-state index is 5.58. The molecule has 142 valence electrons. The van der Waals surface area contributed by atoms with Crippen LogP contribution in [0.25, 0.3) is 17.3 Å². The molecule has 6 nitrogen and oxygen atoms in total. The zero-order chi connectivity index (χ0) is 19.7. The molecule has 28 heavy (non-hydrogen) atoms. The Hall–Kier alpha value is -3.41. The molecule has 0 fully saturated rings. The number of benzene rings is 1. The summed E-state index contributed by atoms with van der Waals surface area (Å²) < 4.78 is 5.58. The van der Waals surface area contributed by atoms with E-state index in [1.54, 1.807) is 7.11 Å². The van der Waals surface area contributed by atoms with Crippen molar-refractivity contribution in [3.63, 3.8) is 0 Å². The minimum atomic E-state index is 0.544. The van der Waals surface area contributed by atoms with Gasteiger partial charge >= 0.3 is 0 Å². The average Bonchev–Trinajstić information content (AvgIpc) is 3.06. The first-order chi connectivity index (χ1) is 13.6. The number of aromatic nitrogens is 3. The Labute approximate surface area is 164 Å². The van der Waals surface area contributed by atoms with Crippen LogP contribution in [-0.4, -0.2) is 29.1 Å². The topological polar surface area (TPSA) is 72.0 Å². The molecule has 1 aliphatic carbocycles. The fourth-order valence-electron chi connectivity index (χ4n) is 3.42. The molecule has 1 aromatic carbocycles. The summed E-state index contributed by atoms with van der Waals surface area (Å²) >= 11 is 0. The lowest BCUT2D eigenvalue weighted by molar-refractivity contribution is 0.416. The van der Waals surface area contributed by atoms with E-state index in [1.165, 1.54) is 16.7 Å². The lowest BCUT2D eigenvalue weighted by Gasteiger charge is -2.13. The van der Waals surface area contributed by atoms with Gasteiger partial charge in [0.15, 0.2) is 0 Å². The van der Waals surface area contributed by atoms with E-state index in [0.29, 0.717) is 5.95 Å². The Morgan fingerprint density at radius 3 is 2.71 bits per heavy atom. The number of nitrogens with one attached hydrogen (secondary N) is 2. The smallest absolute Gasteiger partial charge is 0.229 e. The molecular formula is C22H23N5O. The maximum absolute atomic E-state index is 5.58. The quantitative estimate of drug-likeness (QED) is 0.681. The summed E-state index contributed by atoms with van der Waals surface area (Å²) in [7, 11) is 3.51. The first-order valence-corrected chi connectivity index (χ1v) is 9.20. The Bertz CT molecular complexity index is 1070. The molecular weight excluding hydrogens is 350 g/mol. The number of fused-ring (bicyclic) bond motifs is 1. The molecule has 6 heteroatoms. The minimum absolute atomic E-state index is 0.544. The Morgan fingerprint density at radius 2 is 1.93 bits per heavy atom. The van der Waals surface area contributed by atoms with E-state index in [9.17, 15) is 0 Å². The third-order valence-electron chi connectivity index (χ3n) is 4.74. The number of hydrogen-bond donors (Lipinski definition) is 2. The van der Waals surface area contributed by atoms with E-state index in [4.69, 9.17) is 4.74 Å². The summed E-state index contributed by atoms with van der Waals surface area (Å²) in [5.74, 6) is 2.09. The fourth-order valence-corrected chi connectivity index (χ4v) is 3.42. The van der Waals surface area contributed by atoms with E-state index in [0.717, 1.165) is 40.6 Å². The number of nitrogens with zero attached hydrogens (tertiary/aromatic N) is 3. The summed E-state index contributed by atoms with van der Waals surface area (Å²) in [6.45, 7) is 4.09. The molecule has 0 unspecified atom stereocenters. The Kier molecular flexibility index (Phi) is 4.69. The molecule has 2 aromatic heterocycles. The van der Waals surface area contributed by atoms with Crippen LogP contribution in [0.15, 0.2) is 42.1 Å². The molecule has 0 spiro atoms. The van der Waals surface area contributed by atoms with Gasteiger partial charge in [0.05, 0.1) is 12.8 Å². The molecule has 2 heterocycles. The third kappa shape index (κ3) is 3.53. The van der Waals surface area contributed by atoms with Gasteiger partial charge in [0.2, 0.25) is 5.95 Å². The second kappa shape index (κ2) is 7.31. The highest BCUT2D eigenvalue weighted by atomic mass is 16.5. The second-order valence-electron chi connectivity index (χ2n) is 6.94. The van der Waals surface area contributed by atoms with E-state index in [1.807, 2.05) is 44.4 Å². The zero-order valence-electron chi connectivity index (χ0n) is 16.5. The molecule has 0 saturated heterocycles. The lowest BCUT2D eigenvalue weighted by atomic mass is 10.0. The van der Waals surface area contributed by atoms with Crippen molar-refractivity contribution < 1.29 is 4.74 Å². The summed E-state index contributed by atoms with van der Waals surface area (Å²) in [5, 5.41) is 6.34. The predicted octanol–water partition coefficient (Wildman–Crippen LogP) is 4.60. The van der Waals surface area contributed by atoms with Crippen LogP contribution in [0.2, 0.25) is 0 Å². The van der Waals surface area contributed by atoms with Gasteiger partial charge in [-0.1, -0.05) is 11.6 Å². The first kappa shape index (κ1) is 18.0. The highest BCUT2D eigenvalue weighted by Gasteiger charge is 2.15. The van der Waals surface area contributed by atoms with Gasteiger partial charge in [0.25, 0.3) is 0 Å². The van der Waals surface area contributed by atoms with E-state index in [-0.39, 0.29) is 0 Å². The fraction of sp³-hybridized carbons (Fsp3) is 0.227. The van der Waals surface area contributed by atoms with Crippen molar-refractivity contribution in [2.24, 2.45) is 0 Å². The lowest BCUT2D eigenvalue weighted by Crippen LogP contribution is -2.02. The Morgan fingerprint density at radius 1 is 1.07 bits per heavy atom. The second-order valence-corrected chi connectivity index (χ2v) is 6.94. The zero-order valence-corrected chi connectivity index (χ0v) is 16.5. The van der Waals surface area contributed by atoms with Gasteiger partial charge < -0.3 is 15.4 Å². The number of aryl methyl sites for hydroxylation is 1. The first-order valence-electron chi connectivity index (χ1n) is 9.20. The molecule has 0 atom stereocenters. The summed E-state index contributed by atoms with van der Waals surface area (Å²) in [6.07, 6.45) is 5.09. The van der Waals surface area contributed by atoms with Gasteiger partial charge in [-0.15, -0.1) is 0 Å². The van der Waals surface area contributed by atoms with Crippen molar-refractivity contribution in [2.45, 2.75) is 20.3 Å². The highest BCUT2D eigenvalue weighted by Crippen LogP contribution is 2.35. The summed E-state index contributed by atoms with van der Waals surface area (Å²) in [6, 6.07) is 9.95. The van der Waals surface area contributed by atoms with Gasteiger partial charge in [-0.3, -0.25) is 4.98 Å². The molecule has 0 aliphatic heterocycles. The van der Waals surface area contributed by atoms with Crippen LogP contribution in [0, 0.1) is 6.92 Å². The average molecular weight is 373 g/mol. The summed E-state index contributed by atoms with van der Waals surface area (Å²) in [4.78, 5) is 13.6. The molecule has 3 aromatic rings. The number of ether oxygens (including phenoxy) is 1. The number of hydrogen-bond acceptors (Lipinski definition) is 6. The number of anilines is 3. The number of pyridine rings is 1. The van der Waals surface area contributed by atoms with E-state index < -0.39 is 0 Å². The molecule has 0 saturated carbocycles. The SMILES string of the molecule is CNc1cc(C)nc(Nc2ccc(OC)c(-c3cc4c(cn3)C=C(C)C4)c2)n1. The molecule has 2 N–H and O–H groups in total. The van der Waals surface area contributed by atoms with Crippen molar-refractivity contribution in [1.29, 1.82) is 0 Å². The van der Waals surface area contributed by atoms with Crippen molar-refractivity contribution in [1.82, 2.24) is 15.0 Å². The molecule has 0 amide bonds. The third-order valence-corrected chi connectivity index (χ3v) is 4.74. The molecule has 0 bridgehead atoms. The van der Waals surface area contributed by atoms with Gasteiger partial charge in [-0.2, -0.15) is 4.98 Å². The Balaban J connectivity index is 1.69. The van der Waals surface area contributed by atoms with Crippen LogP contribution in [0.1, 0.15) is 23.7 Å². The van der Waals surface area contributed by atoms with Crippen LogP contribution >= 0.6 is 0 Å². The monoisotopic (exact) mass is 373 g/mol. The van der Waals surface area contributed by atoms with Crippen LogP contribution in [-0.2, 0) is 6.42 Å². The molecule has 1 aliphatic rings. The maximum Gasteiger partial charge on any atom is 0.229 e. The van der Waals surface area contributed by atoms with Crippen molar-refractivity contribution >= 4 is 23.5 Å². The highest BCUT2D eigenvalue weighted by molar-refractivity contribution is 5.75. The minimum Gasteiger partial charge on any atom is -0.496 e. The normalized spacial score (nSPS) is 12.4. The van der Waals surface area contributed by atoms with Gasteiger partial charge in [-0.05, 0) is 55.7 Å². The number of methoxy groups -OCH3 is 1. The van der Waals surface area contributed by atoms with Crippen molar-refractivity contribution in [3.05, 3.63) is 58.9 Å². The van der Waals surface area contributed by atoms with Crippen molar-refractivity contribution in [2.75, 3.05) is 24.8 Å². The molecule has 4 rings (SSSR count).